The van der Waals surface area contributed by atoms with Crippen molar-refractivity contribution in [3.8, 4) is 11.5 Å². The zero-order chi connectivity index (χ0) is 16.2. The van der Waals surface area contributed by atoms with Crippen LogP contribution in [-0.4, -0.2) is 29.0 Å². The number of nitrogens with zero attached hydrogens (tertiary/aromatic N) is 1. The van der Waals surface area contributed by atoms with Gasteiger partial charge in [0.2, 0.25) is 6.79 Å². The molecule has 1 aromatic heterocycles. The third-order valence-electron chi connectivity index (χ3n) is 3.66. The second-order valence-electron chi connectivity index (χ2n) is 5.30. The zero-order valence-corrected chi connectivity index (χ0v) is 12.8. The van der Waals surface area contributed by atoms with E-state index in [-0.39, 0.29) is 12.8 Å². The van der Waals surface area contributed by atoms with Gasteiger partial charge >= 0.3 is 6.03 Å². The third kappa shape index (κ3) is 3.57. The summed E-state index contributed by atoms with van der Waals surface area (Å²) in [6, 6.07) is 8.60. The number of ether oxygens (including phenoxy) is 2. The molecule has 0 aliphatic carbocycles. The normalized spacial score (nSPS) is 13.7. The Balaban J connectivity index is 1.46. The SMILES string of the molecule is Cn1cccc1[C@H](O)CCNC(=O)Nc1ccc2c(c1)OCO2. The van der Waals surface area contributed by atoms with Crippen LogP contribution in [0.1, 0.15) is 18.2 Å². The summed E-state index contributed by atoms with van der Waals surface area (Å²) in [6.07, 6.45) is 1.70. The quantitative estimate of drug-likeness (QED) is 0.787. The van der Waals surface area contributed by atoms with Gasteiger partial charge in [-0.15, -0.1) is 0 Å². The van der Waals surface area contributed by atoms with Crippen LogP contribution in [0.4, 0.5) is 10.5 Å². The maximum absolute atomic E-state index is 11.9. The lowest BCUT2D eigenvalue weighted by atomic mass is 10.2. The molecule has 2 heterocycles. The van der Waals surface area contributed by atoms with Gasteiger partial charge in [0.15, 0.2) is 11.5 Å². The number of benzene rings is 1. The van der Waals surface area contributed by atoms with Crippen LogP contribution in [-0.2, 0) is 7.05 Å². The Morgan fingerprint density at radius 2 is 2.17 bits per heavy atom. The number of amides is 2. The van der Waals surface area contributed by atoms with Gasteiger partial charge in [-0.2, -0.15) is 0 Å². The minimum atomic E-state index is -0.610. The molecule has 0 spiro atoms. The predicted molar refractivity (Wildman–Crippen MR) is 84.6 cm³/mol. The number of fused-ring (bicyclic) bond motifs is 1. The highest BCUT2D eigenvalue weighted by atomic mass is 16.7. The topological polar surface area (TPSA) is 84.8 Å². The Kier molecular flexibility index (Phi) is 4.38. The van der Waals surface area contributed by atoms with E-state index in [9.17, 15) is 9.90 Å². The summed E-state index contributed by atoms with van der Waals surface area (Å²) in [5, 5.41) is 15.5. The summed E-state index contributed by atoms with van der Waals surface area (Å²) >= 11 is 0. The number of anilines is 1. The number of hydrogen-bond donors (Lipinski definition) is 3. The van der Waals surface area contributed by atoms with Crippen molar-refractivity contribution in [2.75, 3.05) is 18.7 Å². The number of rotatable bonds is 5. The van der Waals surface area contributed by atoms with Crippen LogP contribution in [0.2, 0.25) is 0 Å². The van der Waals surface area contributed by atoms with Gasteiger partial charge in [-0.1, -0.05) is 0 Å². The Labute approximate surface area is 133 Å². The van der Waals surface area contributed by atoms with Crippen molar-refractivity contribution in [2.24, 2.45) is 7.05 Å². The Morgan fingerprint density at radius 3 is 2.96 bits per heavy atom. The van der Waals surface area contributed by atoms with Crippen molar-refractivity contribution >= 4 is 11.7 Å². The molecule has 2 amide bonds. The Bertz CT molecular complexity index is 698. The van der Waals surface area contributed by atoms with E-state index in [0.717, 1.165) is 5.69 Å². The van der Waals surface area contributed by atoms with Crippen LogP contribution in [0.15, 0.2) is 36.5 Å². The fourth-order valence-corrected chi connectivity index (χ4v) is 2.44. The van der Waals surface area contributed by atoms with Crippen molar-refractivity contribution < 1.29 is 19.4 Å². The number of aliphatic hydroxyl groups excluding tert-OH is 1. The molecule has 0 fully saturated rings. The fraction of sp³-hybridized carbons (Fsp3) is 0.312. The molecule has 7 nitrogen and oxygen atoms in total. The van der Waals surface area contributed by atoms with E-state index in [4.69, 9.17) is 9.47 Å². The summed E-state index contributed by atoms with van der Waals surface area (Å²) in [5.41, 5.74) is 1.44. The van der Waals surface area contributed by atoms with E-state index in [2.05, 4.69) is 10.6 Å². The van der Waals surface area contributed by atoms with Crippen LogP contribution in [0, 0.1) is 0 Å². The molecule has 3 N–H and O–H groups in total. The minimum absolute atomic E-state index is 0.196. The number of carbonyl (C=O) groups excluding carboxylic acids is 1. The second-order valence-corrected chi connectivity index (χ2v) is 5.30. The van der Waals surface area contributed by atoms with Gasteiger partial charge in [0.05, 0.1) is 6.10 Å². The zero-order valence-electron chi connectivity index (χ0n) is 12.8. The standard InChI is InChI=1S/C16H19N3O4/c1-19-8-2-3-12(19)13(20)6-7-17-16(21)18-11-4-5-14-15(9-11)23-10-22-14/h2-5,8-9,13,20H,6-7,10H2,1H3,(H2,17,18,21)/t13-/m1/s1. The molecule has 0 saturated carbocycles. The molecule has 7 heteroatoms. The lowest BCUT2D eigenvalue weighted by Gasteiger charge is -2.13. The second kappa shape index (κ2) is 6.62. The van der Waals surface area contributed by atoms with Crippen molar-refractivity contribution in [3.63, 3.8) is 0 Å². The molecule has 1 aliphatic rings. The maximum atomic E-state index is 11.9. The molecule has 1 aliphatic heterocycles. The summed E-state index contributed by atoms with van der Waals surface area (Å²) in [5.74, 6) is 1.28. The summed E-state index contributed by atoms with van der Waals surface area (Å²) < 4.78 is 12.3. The van der Waals surface area contributed by atoms with Gasteiger partial charge in [0.25, 0.3) is 0 Å². The Hall–Kier alpha value is -2.67. The molecule has 1 atom stereocenters. The van der Waals surface area contributed by atoms with E-state index in [0.29, 0.717) is 30.2 Å². The highest BCUT2D eigenvalue weighted by Gasteiger charge is 2.14. The van der Waals surface area contributed by atoms with Gasteiger partial charge in [-0.05, 0) is 30.7 Å². The smallest absolute Gasteiger partial charge is 0.319 e. The van der Waals surface area contributed by atoms with Crippen molar-refractivity contribution in [1.29, 1.82) is 0 Å². The number of aromatic nitrogens is 1. The first-order valence-electron chi connectivity index (χ1n) is 7.37. The molecule has 23 heavy (non-hydrogen) atoms. The van der Waals surface area contributed by atoms with Crippen LogP contribution < -0.4 is 20.1 Å². The van der Waals surface area contributed by atoms with Gasteiger partial charge in [0.1, 0.15) is 0 Å². The molecule has 0 unspecified atom stereocenters. The molecule has 0 bridgehead atoms. The molecule has 0 saturated heterocycles. The monoisotopic (exact) mass is 317 g/mol. The molecule has 122 valence electrons. The van der Waals surface area contributed by atoms with Gasteiger partial charge in [-0.3, -0.25) is 0 Å². The van der Waals surface area contributed by atoms with E-state index in [1.54, 1.807) is 18.2 Å². The Morgan fingerprint density at radius 1 is 1.35 bits per heavy atom. The van der Waals surface area contributed by atoms with E-state index in [1.807, 2.05) is 29.9 Å². The highest BCUT2D eigenvalue weighted by Crippen LogP contribution is 2.34. The number of carbonyl (C=O) groups is 1. The molecule has 3 rings (SSSR count). The molecule has 2 aromatic rings. The number of aryl methyl sites for hydroxylation is 1. The largest absolute Gasteiger partial charge is 0.454 e. The first-order chi connectivity index (χ1) is 11.1. The summed E-state index contributed by atoms with van der Waals surface area (Å²) in [7, 11) is 1.87. The van der Waals surface area contributed by atoms with Crippen LogP contribution in [0.3, 0.4) is 0 Å². The first-order valence-corrected chi connectivity index (χ1v) is 7.37. The number of hydrogen-bond acceptors (Lipinski definition) is 4. The predicted octanol–water partition coefficient (Wildman–Crippen LogP) is 2.00. The van der Waals surface area contributed by atoms with E-state index < -0.39 is 6.10 Å². The summed E-state index contributed by atoms with van der Waals surface area (Å²) in [6.45, 7) is 0.560. The van der Waals surface area contributed by atoms with Crippen molar-refractivity contribution in [1.82, 2.24) is 9.88 Å². The van der Waals surface area contributed by atoms with Gasteiger partial charge in [-0.25, -0.2) is 4.79 Å². The van der Waals surface area contributed by atoms with E-state index >= 15 is 0 Å². The van der Waals surface area contributed by atoms with Crippen LogP contribution in [0.25, 0.3) is 0 Å². The maximum Gasteiger partial charge on any atom is 0.319 e. The van der Waals surface area contributed by atoms with Crippen LogP contribution in [0.5, 0.6) is 11.5 Å². The summed E-state index contributed by atoms with van der Waals surface area (Å²) in [4.78, 5) is 11.9. The fourth-order valence-electron chi connectivity index (χ4n) is 2.44. The van der Waals surface area contributed by atoms with Gasteiger partial charge < -0.3 is 29.8 Å². The molecular formula is C16H19N3O4. The lowest BCUT2D eigenvalue weighted by molar-refractivity contribution is 0.159. The number of nitrogens with one attached hydrogen (secondary N) is 2. The molecule has 0 radical (unpaired) electrons. The average Bonchev–Trinajstić information content (AvgIpc) is 3.15. The van der Waals surface area contributed by atoms with Crippen molar-refractivity contribution in [2.45, 2.75) is 12.5 Å². The highest BCUT2D eigenvalue weighted by molar-refractivity contribution is 5.89. The minimum Gasteiger partial charge on any atom is -0.454 e. The number of aliphatic hydroxyl groups is 1. The molecule has 1 aromatic carbocycles. The first kappa shape index (κ1) is 15.2. The van der Waals surface area contributed by atoms with Gasteiger partial charge in [0, 0.05) is 37.2 Å². The third-order valence-corrected chi connectivity index (χ3v) is 3.66. The lowest BCUT2D eigenvalue weighted by Crippen LogP contribution is -2.30. The van der Waals surface area contributed by atoms with E-state index in [1.165, 1.54) is 0 Å². The molecular weight excluding hydrogens is 298 g/mol. The van der Waals surface area contributed by atoms with Crippen LogP contribution >= 0.6 is 0 Å². The average molecular weight is 317 g/mol. The van der Waals surface area contributed by atoms with Crippen molar-refractivity contribution in [3.05, 3.63) is 42.2 Å². The number of urea groups is 1.